The molecule has 4 rings (SSSR count). The Kier molecular flexibility index (Phi) is 5.12. The molecule has 2 aromatic heterocycles. The van der Waals surface area contributed by atoms with E-state index in [4.69, 9.17) is 4.74 Å². The molecule has 144 valence electrons. The van der Waals surface area contributed by atoms with Crippen molar-refractivity contribution in [2.24, 2.45) is 0 Å². The van der Waals surface area contributed by atoms with Crippen molar-refractivity contribution in [1.82, 2.24) is 14.8 Å². The summed E-state index contributed by atoms with van der Waals surface area (Å²) in [5, 5.41) is 2.78. The number of ether oxygens (including phenoxy) is 1. The van der Waals surface area contributed by atoms with Gasteiger partial charge in [0.1, 0.15) is 5.69 Å². The molecule has 1 saturated heterocycles. The van der Waals surface area contributed by atoms with Crippen molar-refractivity contribution in [3.05, 3.63) is 58.4 Å². The van der Waals surface area contributed by atoms with E-state index >= 15 is 0 Å². The third-order valence-corrected chi connectivity index (χ3v) is 5.59. The summed E-state index contributed by atoms with van der Waals surface area (Å²) in [6.07, 6.45) is 0. The smallest absolute Gasteiger partial charge is 0.355 e. The molecule has 0 radical (unpaired) electrons. The minimum Gasteiger partial charge on any atom is -0.451 e. The van der Waals surface area contributed by atoms with Crippen molar-refractivity contribution in [2.75, 3.05) is 32.8 Å². The van der Waals surface area contributed by atoms with Crippen LogP contribution in [0.2, 0.25) is 0 Å². The van der Waals surface area contributed by atoms with Crippen molar-refractivity contribution in [3.63, 3.8) is 0 Å². The molecule has 0 unspecified atom stereocenters. The lowest BCUT2D eigenvalue weighted by Crippen LogP contribution is -2.51. The Balaban J connectivity index is 1.27. The van der Waals surface area contributed by atoms with Crippen LogP contribution in [0.15, 0.2) is 47.8 Å². The zero-order valence-corrected chi connectivity index (χ0v) is 15.9. The fourth-order valence-corrected chi connectivity index (χ4v) is 3.89. The van der Waals surface area contributed by atoms with Gasteiger partial charge in [-0.2, -0.15) is 0 Å². The number of nitrogens with zero attached hydrogens (tertiary/aromatic N) is 2. The fourth-order valence-electron chi connectivity index (χ4n) is 3.19. The zero-order chi connectivity index (χ0) is 19.5. The van der Waals surface area contributed by atoms with E-state index in [1.54, 1.807) is 21.9 Å². The van der Waals surface area contributed by atoms with Gasteiger partial charge in [0.25, 0.3) is 11.8 Å². The molecule has 1 aromatic carbocycles. The van der Waals surface area contributed by atoms with Crippen LogP contribution in [0.5, 0.6) is 0 Å². The number of H-pyrrole nitrogens is 1. The Morgan fingerprint density at radius 1 is 1.00 bits per heavy atom. The van der Waals surface area contributed by atoms with Gasteiger partial charge in [0.15, 0.2) is 6.61 Å². The molecule has 0 bridgehead atoms. The number of benzene rings is 1. The maximum atomic E-state index is 12.3. The van der Waals surface area contributed by atoms with E-state index in [2.05, 4.69) is 4.98 Å². The number of para-hydroxylation sites is 1. The molecule has 1 fully saturated rings. The van der Waals surface area contributed by atoms with Crippen LogP contribution in [0.3, 0.4) is 0 Å². The minimum absolute atomic E-state index is 0.00709. The van der Waals surface area contributed by atoms with Gasteiger partial charge in [-0.15, -0.1) is 11.3 Å². The first-order valence-electron chi connectivity index (χ1n) is 8.97. The quantitative estimate of drug-likeness (QED) is 0.685. The number of nitrogens with one attached hydrogen (secondary N) is 1. The molecule has 0 aliphatic carbocycles. The molecule has 0 spiro atoms. The molecular formula is C20H19N3O4S. The Hall–Kier alpha value is -3.13. The Morgan fingerprint density at radius 3 is 2.46 bits per heavy atom. The normalized spacial score (nSPS) is 14.3. The summed E-state index contributed by atoms with van der Waals surface area (Å²) in [4.78, 5) is 43.9. The Morgan fingerprint density at radius 2 is 1.75 bits per heavy atom. The lowest BCUT2D eigenvalue weighted by atomic mass is 10.2. The van der Waals surface area contributed by atoms with Gasteiger partial charge in [-0.05, 0) is 23.6 Å². The number of carbonyl (C=O) groups excluding carboxylic acids is 3. The van der Waals surface area contributed by atoms with Gasteiger partial charge in [-0.25, -0.2) is 4.79 Å². The third kappa shape index (κ3) is 3.77. The van der Waals surface area contributed by atoms with Crippen molar-refractivity contribution >= 4 is 40.0 Å². The van der Waals surface area contributed by atoms with Crippen LogP contribution in [0.4, 0.5) is 0 Å². The number of aromatic nitrogens is 1. The van der Waals surface area contributed by atoms with E-state index in [1.807, 2.05) is 35.7 Å². The van der Waals surface area contributed by atoms with Crippen LogP contribution in [-0.4, -0.2) is 65.4 Å². The second-order valence-electron chi connectivity index (χ2n) is 6.50. The molecule has 8 heteroatoms. The number of hydrogen-bond donors (Lipinski definition) is 1. The van der Waals surface area contributed by atoms with Crippen molar-refractivity contribution in [3.8, 4) is 0 Å². The molecule has 1 aliphatic rings. The molecular weight excluding hydrogens is 378 g/mol. The molecule has 0 saturated carbocycles. The lowest BCUT2D eigenvalue weighted by Gasteiger charge is -2.34. The minimum atomic E-state index is -0.559. The lowest BCUT2D eigenvalue weighted by molar-refractivity contribution is -0.136. The van der Waals surface area contributed by atoms with Crippen molar-refractivity contribution in [2.45, 2.75) is 0 Å². The highest BCUT2D eigenvalue weighted by atomic mass is 32.1. The van der Waals surface area contributed by atoms with E-state index < -0.39 is 5.97 Å². The Labute approximate surface area is 165 Å². The van der Waals surface area contributed by atoms with Crippen molar-refractivity contribution in [1.29, 1.82) is 0 Å². The van der Waals surface area contributed by atoms with E-state index in [9.17, 15) is 14.4 Å². The van der Waals surface area contributed by atoms with Gasteiger partial charge in [-0.1, -0.05) is 24.3 Å². The predicted molar refractivity (Wildman–Crippen MR) is 105 cm³/mol. The maximum Gasteiger partial charge on any atom is 0.355 e. The predicted octanol–water partition coefficient (Wildman–Crippen LogP) is 2.37. The molecule has 7 nitrogen and oxygen atoms in total. The monoisotopic (exact) mass is 397 g/mol. The summed E-state index contributed by atoms with van der Waals surface area (Å²) in [7, 11) is 0. The third-order valence-electron chi connectivity index (χ3n) is 4.73. The van der Waals surface area contributed by atoms with Gasteiger partial charge < -0.3 is 19.5 Å². The summed E-state index contributed by atoms with van der Waals surface area (Å²) in [6.45, 7) is 1.49. The van der Waals surface area contributed by atoms with Crippen LogP contribution in [0, 0.1) is 0 Å². The number of amides is 2. The molecule has 3 heterocycles. The van der Waals surface area contributed by atoms with E-state index in [0.717, 1.165) is 10.9 Å². The molecule has 0 atom stereocenters. The molecule has 2 amide bonds. The largest absolute Gasteiger partial charge is 0.451 e. The number of thiophene rings is 1. The second kappa shape index (κ2) is 7.85. The average molecular weight is 397 g/mol. The van der Waals surface area contributed by atoms with Gasteiger partial charge in [0.05, 0.1) is 4.88 Å². The number of hydrogen-bond acceptors (Lipinski definition) is 5. The Bertz CT molecular complexity index is 971. The first kappa shape index (κ1) is 18.2. The summed E-state index contributed by atoms with van der Waals surface area (Å²) in [6, 6.07) is 12.9. The molecule has 3 aromatic rings. The highest BCUT2D eigenvalue weighted by Crippen LogP contribution is 2.16. The van der Waals surface area contributed by atoms with Crippen LogP contribution in [0.1, 0.15) is 20.2 Å². The van der Waals surface area contributed by atoms with Crippen LogP contribution in [0.25, 0.3) is 10.9 Å². The number of carbonyl (C=O) groups is 3. The number of esters is 1. The summed E-state index contributed by atoms with van der Waals surface area (Å²) >= 11 is 1.41. The number of piperazine rings is 1. The molecule has 28 heavy (non-hydrogen) atoms. The van der Waals surface area contributed by atoms with Gasteiger partial charge >= 0.3 is 5.97 Å². The fraction of sp³-hybridized carbons (Fsp3) is 0.250. The highest BCUT2D eigenvalue weighted by Gasteiger charge is 2.26. The standard InChI is InChI=1S/C20H19N3O4S/c24-18(13-27-20(26)16-12-14-4-1-2-5-15(14)21-16)22-7-9-23(10-8-22)19(25)17-6-3-11-28-17/h1-6,11-12,21H,7-10,13H2. The van der Waals surface area contributed by atoms with Gasteiger partial charge in [0.2, 0.25) is 0 Å². The highest BCUT2D eigenvalue weighted by molar-refractivity contribution is 7.12. The van der Waals surface area contributed by atoms with Crippen LogP contribution < -0.4 is 0 Å². The topological polar surface area (TPSA) is 82.7 Å². The van der Waals surface area contributed by atoms with Gasteiger partial charge in [0, 0.05) is 37.1 Å². The van der Waals surface area contributed by atoms with Crippen LogP contribution >= 0.6 is 11.3 Å². The van der Waals surface area contributed by atoms with Crippen molar-refractivity contribution < 1.29 is 19.1 Å². The van der Waals surface area contributed by atoms with E-state index in [0.29, 0.717) is 36.8 Å². The summed E-state index contributed by atoms with van der Waals surface area (Å²) in [5.41, 5.74) is 1.16. The molecule has 1 aliphatic heterocycles. The first-order chi connectivity index (χ1) is 13.6. The van der Waals surface area contributed by atoms with E-state index in [-0.39, 0.29) is 18.4 Å². The number of fused-ring (bicyclic) bond motifs is 1. The summed E-state index contributed by atoms with van der Waals surface area (Å²) in [5.74, 6) is -0.823. The van der Waals surface area contributed by atoms with Crippen LogP contribution in [-0.2, 0) is 9.53 Å². The van der Waals surface area contributed by atoms with E-state index in [1.165, 1.54) is 11.3 Å². The molecule has 1 N–H and O–H groups in total. The maximum absolute atomic E-state index is 12.3. The average Bonchev–Trinajstić information content (AvgIpc) is 3.41. The first-order valence-corrected chi connectivity index (χ1v) is 9.85. The van der Waals surface area contributed by atoms with Gasteiger partial charge in [-0.3, -0.25) is 9.59 Å². The number of aromatic amines is 1. The second-order valence-corrected chi connectivity index (χ2v) is 7.44. The number of rotatable bonds is 4. The SMILES string of the molecule is O=C(OCC(=O)N1CCN(C(=O)c2cccs2)CC1)c1cc2ccccc2[nH]1. The summed E-state index contributed by atoms with van der Waals surface area (Å²) < 4.78 is 5.17. The zero-order valence-electron chi connectivity index (χ0n) is 15.1.